The lowest BCUT2D eigenvalue weighted by Gasteiger charge is -2.17. The largest absolute Gasteiger partial charge is 0.354 e. The molecule has 1 amide bonds. The molecular weight excluding hydrogens is 355 g/mol. The summed E-state index contributed by atoms with van der Waals surface area (Å²) >= 11 is 0. The highest BCUT2D eigenvalue weighted by molar-refractivity contribution is 6.06. The normalized spacial score (nSPS) is 12.7. The Hall–Kier alpha value is -3.28. The first-order valence-corrected chi connectivity index (χ1v) is 9.34. The van der Waals surface area contributed by atoms with Crippen LogP contribution in [0.15, 0.2) is 54.6 Å². The van der Waals surface area contributed by atoms with Crippen LogP contribution in [-0.4, -0.2) is 29.0 Å². The number of fused-ring (bicyclic) bond motifs is 1. The zero-order chi connectivity index (χ0) is 19.5. The van der Waals surface area contributed by atoms with E-state index in [-0.39, 0.29) is 11.7 Å². The maximum absolute atomic E-state index is 13.0. The average Bonchev–Trinajstić information content (AvgIpc) is 3.13. The molecule has 4 rings (SSSR count). The summed E-state index contributed by atoms with van der Waals surface area (Å²) in [5.74, 6) is 0.0698. The van der Waals surface area contributed by atoms with E-state index in [2.05, 4.69) is 21.4 Å². The Labute approximate surface area is 163 Å². The predicted octanol–water partition coefficient (Wildman–Crippen LogP) is 3.78. The quantitative estimate of drug-likeness (QED) is 0.736. The van der Waals surface area contributed by atoms with Crippen LogP contribution in [0, 0.1) is 12.7 Å². The number of aryl methyl sites for hydroxylation is 1. The first-order chi connectivity index (χ1) is 13.6. The summed E-state index contributed by atoms with van der Waals surface area (Å²) in [6.07, 6.45) is 1.56. The Bertz CT molecular complexity index is 1000. The van der Waals surface area contributed by atoms with Crippen molar-refractivity contribution in [2.45, 2.75) is 19.8 Å². The van der Waals surface area contributed by atoms with Crippen LogP contribution in [0.5, 0.6) is 0 Å². The van der Waals surface area contributed by atoms with Crippen LogP contribution in [0.2, 0.25) is 0 Å². The second-order valence-electron chi connectivity index (χ2n) is 6.86. The lowest BCUT2D eigenvalue weighted by Crippen LogP contribution is -2.30. The lowest BCUT2D eigenvalue weighted by atomic mass is 10.1. The molecule has 0 saturated heterocycles. The van der Waals surface area contributed by atoms with E-state index in [0.29, 0.717) is 31.2 Å². The van der Waals surface area contributed by atoms with Gasteiger partial charge in [0.2, 0.25) is 5.95 Å². The topological polar surface area (TPSA) is 58.1 Å². The Kier molecular flexibility index (Phi) is 5.02. The highest BCUT2D eigenvalue weighted by Crippen LogP contribution is 2.28. The maximum atomic E-state index is 13.0. The minimum atomic E-state index is -0.245. The molecule has 0 spiro atoms. The standard InChI is InChI=1S/C22H21FN4O/c1-15-14-19(21(28)27-13-11-17-4-2-3-5-20(17)27)26-22(25-15)24-12-10-16-6-8-18(23)9-7-16/h2-9,14H,10-13H2,1H3,(H,24,25,26). The lowest BCUT2D eigenvalue weighted by molar-refractivity contribution is 0.0984. The van der Waals surface area contributed by atoms with Crippen LogP contribution in [0.1, 0.15) is 27.3 Å². The second-order valence-corrected chi connectivity index (χ2v) is 6.86. The van der Waals surface area contributed by atoms with Crippen LogP contribution in [0.25, 0.3) is 0 Å². The van der Waals surface area contributed by atoms with Crippen molar-refractivity contribution in [3.05, 3.63) is 82.9 Å². The van der Waals surface area contributed by atoms with Gasteiger partial charge in [-0.25, -0.2) is 14.4 Å². The third-order valence-corrected chi connectivity index (χ3v) is 4.82. The van der Waals surface area contributed by atoms with Gasteiger partial charge in [0.05, 0.1) is 0 Å². The van der Waals surface area contributed by atoms with E-state index in [1.807, 2.05) is 25.1 Å². The highest BCUT2D eigenvalue weighted by Gasteiger charge is 2.26. The van der Waals surface area contributed by atoms with Gasteiger partial charge in [-0.05, 0) is 55.2 Å². The molecule has 0 radical (unpaired) electrons. The van der Waals surface area contributed by atoms with Gasteiger partial charge in [0.15, 0.2) is 0 Å². The Morgan fingerprint density at radius 1 is 1.14 bits per heavy atom. The Morgan fingerprint density at radius 2 is 1.93 bits per heavy atom. The number of carbonyl (C=O) groups is 1. The van der Waals surface area contributed by atoms with Crippen molar-refractivity contribution in [3.8, 4) is 0 Å². The molecule has 5 nitrogen and oxygen atoms in total. The third kappa shape index (κ3) is 3.86. The van der Waals surface area contributed by atoms with E-state index in [1.54, 1.807) is 23.1 Å². The number of hydrogen-bond acceptors (Lipinski definition) is 4. The van der Waals surface area contributed by atoms with Gasteiger partial charge < -0.3 is 10.2 Å². The van der Waals surface area contributed by atoms with E-state index < -0.39 is 0 Å². The molecule has 1 N–H and O–H groups in total. The Balaban J connectivity index is 1.46. The number of amides is 1. The number of nitrogens with zero attached hydrogens (tertiary/aromatic N) is 3. The van der Waals surface area contributed by atoms with Crippen molar-refractivity contribution in [2.75, 3.05) is 23.3 Å². The van der Waals surface area contributed by atoms with E-state index in [1.165, 1.54) is 17.7 Å². The molecule has 1 aliphatic rings. The Morgan fingerprint density at radius 3 is 2.75 bits per heavy atom. The van der Waals surface area contributed by atoms with Crippen molar-refractivity contribution in [1.82, 2.24) is 9.97 Å². The fourth-order valence-electron chi connectivity index (χ4n) is 3.41. The molecule has 0 aliphatic carbocycles. The van der Waals surface area contributed by atoms with E-state index in [9.17, 15) is 9.18 Å². The van der Waals surface area contributed by atoms with Gasteiger partial charge in [-0.3, -0.25) is 4.79 Å². The molecule has 0 bridgehead atoms. The third-order valence-electron chi connectivity index (χ3n) is 4.82. The number of nitrogens with one attached hydrogen (secondary N) is 1. The van der Waals surface area contributed by atoms with Crippen molar-refractivity contribution in [2.24, 2.45) is 0 Å². The van der Waals surface area contributed by atoms with E-state index in [4.69, 9.17) is 0 Å². The van der Waals surface area contributed by atoms with Gasteiger partial charge in [0.1, 0.15) is 11.5 Å². The summed E-state index contributed by atoms with van der Waals surface area (Å²) in [6, 6.07) is 16.1. The van der Waals surface area contributed by atoms with Crippen LogP contribution in [0.3, 0.4) is 0 Å². The zero-order valence-corrected chi connectivity index (χ0v) is 15.7. The smallest absolute Gasteiger partial charge is 0.277 e. The summed E-state index contributed by atoms with van der Waals surface area (Å²) < 4.78 is 13.0. The van der Waals surface area contributed by atoms with Crippen LogP contribution < -0.4 is 10.2 Å². The molecular formula is C22H21FN4O. The number of hydrogen-bond donors (Lipinski definition) is 1. The number of rotatable bonds is 5. The average molecular weight is 376 g/mol. The predicted molar refractivity (Wildman–Crippen MR) is 107 cm³/mol. The van der Waals surface area contributed by atoms with Crippen LogP contribution >= 0.6 is 0 Å². The molecule has 1 aliphatic heterocycles. The van der Waals surface area contributed by atoms with E-state index >= 15 is 0 Å². The van der Waals surface area contributed by atoms with Crippen molar-refractivity contribution in [1.29, 1.82) is 0 Å². The van der Waals surface area contributed by atoms with Gasteiger partial charge in [-0.1, -0.05) is 30.3 Å². The molecule has 0 unspecified atom stereocenters. The molecule has 28 heavy (non-hydrogen) atoms. The van der Waals surface area contributed by atoms with Gasteiger partial charge in [0.25, 0.3) is 5.91 Å². The van der Waals surface area contributed by atoms with Crippen LogP contribution in [-0.2, 0) is 12.8 Å². The first kappa shape index (κ1) is 18.1. The molecule has 2 heterocycles. The fourth-order valence-corrected chi connectivity index (χ4v) is 3.41. The molecule has 142 valence electrons. The monoisotopic (exact) mass is 376 g/mol. The fraction of sp³-hybridized carbons (Fsp3) is 0.227. The molecule has 0 fully saturated rings. The molecule has 3 aromatic rings. The molecule has 0 atom stereocenters. The molecule has 1 aromatic heterocycles. The van der Waals surface area contributed by atoms with Gasteiger partial charge >= 0.3 is 0 Å². The zero-order valence-electron chi connectivity index (χ0n) is 15.7. The van der Waals surface area contributed by atoms with E-state index in [0.717, 1.165) is 23.4 Å². The van der Waals surface area contributed by atoms with Gasteiger partial charge in [0, 0.05) is 24.5 Å². The minimum Gasteiger partial charge on any atom is -0.354 e. The van der Waals surface area contributed by atoms with Crippen molar-refractivity contribution in [3.63, 3.8) is 0 Å². The van der Waals surface area contributed by atoms with Crippen molar-refractivity contribution < 1.29 is 9.18 Å². The number of halogens is 1. The summed E-state index contributed by atoms with van der Waals surface area (Å²) in [7, 11) is 0. The highest BCUT2D eigenvalue weighted by atomic mass is 19.1. The summed E-state index contributed by atoms with van der Waals surface area (Å²) in [5, 5.41) is 3.17. The summed E-state index contributed by atoms with van der Waals surface area (Å²) in [6.45, 7) is 3.10. The van der Waals surface area contributed by atoms with Crippen molar-refractivity contribution >= 4 is 17.5 Å². The number of anilines is 2. The summed E-state index contributed by atoms with van der Waals surface area (Å²) in [4.78, 5) is 23.6. The van der Waals surface area contributed by atoms with Gasteiger partial charge in [-0.2, -0.15) is 0 Å². The SMILES string of the molecule is Cc1cc(C(=O)N2CCc3ccccc32)nc(NCCc2ccc(F)cc2)n1. The minimum absolute atomic E-state index is 0.114. The maximum Gasteiger partial charge on any atom is 0.277 e. The van der Waals surface area contributed by atoms with Gasteiger partial charge in [-0.15, -0.1) is 0 Å². The molecule has 0 saturated carbocycles. The second kappa shape index (κ2) is 7.76. The molecule has 6 heteroatoms. The van der Waals surface area contributed by atoms with Crippen LogP contribution in [0.4, 0.5) is 16.0 Å². The summed E-state index contributed by atoms with van der Waals surface area (Å²) in [5.41, 5.74) is 4.27. The number of carbonyl (C=O) groups excluding carboxylic acids is 1. The molecule has 2 aromatic carbocycles. The number of benzene rings is 2. The first-order valence-electron chi connectivity index (χ1n) is 9.34. The number of para-hydroxylation sites is 1. The number of aromatic nitrogens is 2.